The van der Waals surface area contributed by atoms with Crippen molar-refractivity contribution in [2.45, 2.75) is 70.9 Å². The third-order valence-corrected chi connectivity index (χ3v) is 5.13. The van der Waals surface area contributed by atoms with Crippen LogP contribution in [0.25, 0.3) is 0 Å². The van der Waals surface area contributed by atoms with Crippen molar-refractivity contribution in [2.75, 3.05) is 0 Å². The van der Waals surface area contributed by atoms with E-state index in [-0.39, 0.29) is 23.5 Å². The molecule has 4 nitrogen and oxygen atoms in total. The maximum absolute atomic E-state index is 12.5. The first-order valence-corrected chi connectivity index (χ1v) is 7.33. The van der Waals surface area contributed by atoms with Gasteiger partial charge in [0.25, 0.3) is 0 Å². The number of aliphatic hydroxyl groups is 1. The molecule has 2 fully saturated rings. The number of carbonyl (C=O) groups excluding carboxylic acids is 1. The molecule has 0 saturated heterocycles. The van der Waals surface area contributed by atoms with E-state index in [1.54, 1.807) is 0 Å². The number of aliphatic hydroxyl groups excluding tert-OH is 1. The monoisotopic (exact) mass is 264 g/mol. The van der Waals surface area contributed by atoms with Gasteiger partial charge in [0.15, 0.2) is 0 Å². The van der Waals surface area contributed by atoms with E-state index < -0.39 is 5.41 Å². The maximum Gasteiger partial charge on any atom is 0.240 e. The molecule has 0 aromatic heterocycles. The Kier molecular flexibility index (Phi) is 3.87. The van der Waals surface area contributed by atoms with Gasteiger partial charge >= 0.3 is 0 Å². The van der Waals surface area contributed by atoms with Gasteiger partial charge in [0.2, 0.25) is 5.91 Å². The Hall–Kier alpha value is -1.08. The Morgan fingerprint density at radius 1 is 1.26 bits per heavy atom. The summed E-state index contributed by atoms with van der Waals surface area (Å²) in [6, 6.07) is 2.26. The second kappa shape index (κ2) is 5.13. The van der Waals surface area contributed by atoms with Gasteiger partial charge in [-0.15, -0.1) is 0 Å². The highest BCUT2D eigenvalue weighted by atomic mass is 16.3. The molecular weight excluding hydrogens is 240 g/mol. The van der Waals surface area contributed by atoms with Gasteiger partial charge in [-0.1, -0.05) is 39.5 Å². The Morgan fingerprint density at radius 2 is 1.84 bits per heavy atom. The van der Waals surface area contributed by atoms with E-state index in [4.69, 9.17) is 0 Å². The fourth-order valence-electron chi connectivity index (χ4n) is 3.17. The second-order valence-electron chi connectivity index (χ2n) is 6.71. The minimum Gasteiger partial charge on any atom is -0.392 e. The molecule has 2 N–H and O–H groups in total. The van der Waals surface area contributed by atoms with Crippen molar-refractivity contribution in [1.29, 1.82) is 5.26 Å². The van der Waals surface area contributed by atoms with Gasteiger partial charge in [0.1, 0.15) is 5.41 Å². The molecule has 2 rings (SSSR count). The molecule has 0 radical (unpaired) electrons. The molecule has 2 saturated carbocycles. The highest BCUT2D eigenvalue weighted by molar-refractivity contribution is 5.85. The fraction of sp³-hybridized carbons (Fsp3) is 0.867. The summed E-state index contributed by atoms with van der Waals surface area (Å²) < 4.78 is 0. The quantitative estimate of drug-likeness (QED) is 0.750. The van der Waals surface area contributed by atoms with Crippen molar-refractivity contribution >= 4 is 5.91 Å². The van der Waals surface area contributed by atoms with E-state index in [0.717, 1.165) is 25.7 Å². The van der Waals surface area contributed by atoms with Crippen LogP contribution in [0.1, 0.15) is 58.8 Å². The fourth-order valence-corrected chi connectivity index (χ4v) is 3.17. The minimum atomic E-state index is -0.840. The Labute approximate surface area is 115 Å². The molecule has 2 atom stereocenters. The zero-order valence-corrected chi connectivity index (χ0v) is 11.9. The van der Waals surface area contributed by atoms with Gasteiger partial charge in [0.05, 0.1) is 12.2 Å². The van der Waals surface area contributed by atoms with Crippen LogP contribution < -0.4 is 5.32 Å². The predicted molar refractivity (Wildman–Crippen MR) is 72.1 cm³/mol. The number of rotatable bonds is 2. The normalized spacial score (nSPS) is 32.5. The topological polar surface area (TPSA) is 73.1 Å². The average molecular weight is 264 g/mol. The zero-order valence-electron chi connectivity index (χ0n) is 11.9. The van der Waals surface area contributed by atoms with Crippen LogP contribution in [0.2, 0.25) is 0 Å². The molecule has 19 heavy (non-hydrogen) atoms. The molecule has 106 valence electrons. The molecule has 2 aliphatic carbocycles. The van der Waals surface area contributed by atoms with E-state index in [0.29, 0.717) is 19.3 Å². The molecule has 2 aliphatic rings. The Balaban J connectivity index is 2.04. The molecule has 0 bridgehead atoms. The number of nitrogens with one attached hydrogen (secondary N) is 1. The molecule has 2 unspecified atom stereocenters. The Bertz CT molecular complexity index is 389. The summed E-state index contributed by atoms with van der Waals surface area (Å²) in [5.41, 5.74) is -1.12. The number of nitriles is 1. The van der Waals surface area contributed by atoms with Crippen LogP contribution in [0.3, 0.4) is 0 Å². The van der Waals surface area contributed by atoms with Crippen LogP contribution in [0.5, 0.6) is 0 Å². The van der Waals surface area contributed by atoms with Crippen molar-refractivity contribution in [1.82, 2.24) is 5.32 Å². The highest BCUT2D eigenvalue weighted by Gasteiger charge is 2.50. The molecule has 0 heterocycles. The summed E-state index contributed by atoms with van der Waals surface area (Å²) in [6.07, 6.45) is 5.73. The molecule has 0 aromatic carbocycles. The lowest BCUT2D eigenvalue weighted by Crippen LogP contribution is -2.62. The number of carbonyl (C=O) groups is 1. The van der Waals surface area contributed by atoms with Crippen molar-refractivity contribution in [3.8, 4) is 6.07 Å². The molecule has 1 amide bonds. The number of hydrogen-bond donors (Lipinski definition) is 2. The molecule has 0 spiro atoms. The number of nitrogens with zero attached hydrogens (tertiary/aromatic N) is 1. The average Bonchev–Trinajstić information content (AvgIpc) is 2.64. The third kappa shape index (κ3) is 2.49. The summed E-state index contributed by atoms with van der Waals surface area (Å²) in [5, 5.41) is 22.2. The summed E-state index contributed by atoms with van der Waals surface area (Å²) >= 11 is 0. The summed E-state index contributed by atoms with van der Waals surface area (Å²) in [7, 11) is 0. The van der Waals surface area contributed by atoms with E-state index in [1.807, 2.05) is 13.8 Å². The second-order valence-corrected chi connectivity index (χ2v) is 6.71. The SMILES string of the molecule is CC1(C)C(O)CC1NC(=O)C1(C#N)CCCCCC1. The predicted octanol–water partition coefficient (Wildman–Crippen LogP) is 2.13. The highest BCUT2D eigenvalue weighted by Crippen LogP contribution is 2.42. The van der Waals surface area contributed by atoms with Crippen molar-refractivity contribution in [3.63, 3.8) is 0 Å². The molecule has 0 aliphatic heterocycles. The van der Waals surface area contributed by atoms with E-state index >= 15 is 0 Å². The van der Waals surface area contributed by atoms with Gasteiger partial charge in [0, 0.05) is 11.5 Å². The van der Waals surface area contributed by atoms with Gasteiger partial charge in [-0.05, 0) is 19.3 Å². The van der Waals surface area contributed by atoms with Gasteiger partial charge in [-0.3, -0.25) is 4.79 Å². The Morgan fingerprint density at radius 3 is 2.26 bits per heavy atom. The van der Waals surface area contributed by atoms with Crippen molar-refractivity contribution < 1.29 is 9.90 Å². The lowest BCUT2D eigenvalue weighted by Gasteiger charge is -2.50. The largest absolute Gasteiger partial charge is 0.392 e. The van der Waals surface area contributed by atoms with Crippen LogP contribution in [-0.4, -0.2) is 23.2 Å². The van der Waals surface area contributed by atoms with E-state index in [2.05, 4.69) is 11.4 Å². The van der Waals surface area contributed by atoms with Crippen LogP contribution in [0.4, 0.5) is 0 Å². The number of amides is 1. The van der Waals surface area contributed by atoms with Gasteiger partial charge in [-0.25, -0.2) is 0 Å². The number of hydrogen-bond acceptors (Lipinski definition) is 3. The first-order chi connectivity index (χ1) is 8.92. The first-order valence-electron chi connectivity index (χ1n) is 7.33. The minimum absolute atomic E-state index is 0.0107. The molecule has 4 heteroatoms. The molecule has 0 aromatic rings. The van der Waals surface area contributed by atoms with Gasteiger partial charge in [-0.2, -0.15) is 5.26 Å². The van der Waals surface area contributed by atoms with Crippen LogP contribution in [0, 0.1) is 22.2 Å². The summed E-state index contributed by atoms with van der Waals surface area (Å²) in [5.74, 6) is -0.123. The first kappa shape index (κ1) is 14.3. The van der Waals surface area contributed by atoms with Crippen molar-refractivity contribution in [3.05, 3.63) is 0 Å². The van der Waals surface area contributed by atoms with E-state index in [1.165, 1.54) is 0 Å². The third-order valence-electron chi connectivity index (χ3n) is 5.13. The van der Waals surface area contributed by atoms with Crippen LogP contribution in [0.15, 0.2) is 0 Å². The van der Waals surface area contributed by atoms with Crippen molar-refractivity contribution in [2.24, 2.45) is 10.8 Å². The zero-order chi connectivity index (χ0) is 14.1. The summed E-state index contributed by atoms with van der Waals surface area (Å²) in [6.45, 7) is 3.91. The lowest BCUT2D eigenvalue weighted by molar-refractivity contribution is -0.136. The molecular formula is C15H24N2O2. The van der Waals surface area contributed by atoms with Gasteiger partial charge < -0.3 is 10.4 Å². The summed E-state index contributed by atoms with van der Waals surface area (Å²) in [4.78, 5) is 12.5. The lowest BCUT2D eigenvalue weighted by atomic mass is 9.64. The van der Waals surface area contributed by atoms with E-state index in [9.17, 15) is 15.2 Å². The van der Waals surface area contributed by atoms with Crippen LogP contribution >= 0.6 is 0 Å². The van der Waals surface area contributed by atoms with Crippen LogP contribution in [-0.2, 0) is 4.79 Å². The standard InChI is InChI=1S/C15H24N2O2/c1-14(2)11(9-12(14)18)17-13(19)15(10-16)7-5-3-4-6-8-15/h11-12,18H,3-9H2,1-2H3,(H,17,19). The maximum atomic E-state index is 12.5. The smallest absolute Gasteiger partial charge is 0.240 e.